The quantitative estimate of drug-likeness (QED) is 0.331. The molecule has 16 heteroatoms. The van der Waals surface area contributed by atoms with E-state index in [0.717, 1.165) is 0 Å². The molecule has 0 N–H and O–H groups in total. The summed E-state index contributed by atoms with van der Waals surface area (Å²) in [4.78, 5) is 5.84. The fourth-order valence-electron chi connectivity index (χ4n) is 1.80. The molecule has 2 nitrogen and oxygen atoms in total. The van der Waals surface area contributed by atoms with Crippen molar-refractivity contribution in [1.82, 2.24) is 9.97 Å². The third-order valence-electron chi connectivity index (χ3n) is 3.05. The van der Waals surface area contributed by atoms with Crippen LogP contribution in [0.3, 0.4) is 0 Å². The zero-order valence-electron chi connectivity index (χ0n) is 13.6. The lowest BCUT2D eigenvalue weighted by Crippen LogP contribution is -2.13. The molecule has 0 unspecified atom stereocenters. The van der Waals surface area contributed by atoms with Crippen LogP contribution in [0.25, 0.3) is 0 Å². The van der Waals surface area contributed by atoms with Crippen LogP contribution in [0.4, 0.5) is 52.7 Å². The molecule has 30 heavy (non-hydrogen) atoms. The number of hydrogen-bond donors (Lipinski definition) is 0. The van der Waals surface area contributed by atoms with Gasteiger partial charge in [0.2, 0.25) is 0 Å². The molecule has 0 aliphatic heterocycles. The summed E-state index contributed by atoms with van der Waals surface area (Å²) in [6.45, 7) is 0. The first kappa shape index (κ1) is 24.4. The maximum atomic E-state index is 12.8. The second-order valence-electron chi connectivity index (χ2n) is 5.32. The molecular weight excluding hydrogens is 488 g/mol. The molecule has 2 aromatic rings. The smallest absolute Gasteiger partial charge is 0.236 e. The second kappa shape index (κ2) is 8.01. The van der Waals surface area contributed by atoms with E-state index in [9.17, 15) is 52.7 Å². The normalized spacial score (nSPS) is 13.6. The van der Waals surface area contributed by atoms with E-state index in [0.29, 0.717) is 0 Å². The van der Waals surface area contributed by atoms with Gasteiger partial charge >= 0.3 is 24.7 Å². The molecule has 0 atom stereocenters. The number of pyridine rings is 2. The van der Waals surface area contributed by atoms with Gasteiger partial charge < -0.3 is 0 Å². The fraction of sp³-hybridized carbons (Fsp3) is 0.286. The minimum atomic E-state index is -5.28. The predicted octanol–water partition coefficient (Wildman–Crippen LogP) is 7.35. The Morgan fingerprint density at radius 1 is 0.467 bits per heavy atom. The van der Waals surface area contributed by atoms with Gasteiger partial charge in [-0.2, -0.15) is 52.7 Å². The lowest BCUT2D eigenvalue weighted by atomic mass is 10.2. The highest BCUT2D eigenvalue weighted by molar-refractivity contribution is 8.76. The Labute approximate surface area is 166 Å². The van der Waals surface area contributed by atoms with Gasteiger partial charge in [-0.05, 0) is 45.9 Å². The van der Waals surface area contributed by atoms with E-state index in [4.69, 9.17) is 0 Å². The van der Waals surface area contributed by atoms with Crippen molar-refractivity contribution in [3.05, 3.63) is 46.8 Å². The topological polar surface area (TPSA) is 25.8 Å². The van der Waals surface area contributed by atoms with Crippen molar-refractivity contribution < 1.29 is 52.7 Å². The van der Waals surface area contributed by atoms with Crippen molar-refractivity contribution in [2.75, 3.05) is 0 Å². The summed E-state index contributed by atoms with van der Waals surface area (Å²) in [6.07, 6.45) is -21.0. The summed E-state index contributed by atoms with van der Waals surface area (Å²) < 4.78 is 153. The highest BCUT2D eigenvalue weighted by Gasteiger charge is 2.40. The first-order chi connectivity index (χ1) is 13.4. The van der Waals surface area contributed by atoms with E-state index in [1.54, 1.807) is 0 Å². The lowest BCUT2D eigenvalue weighted by molar-refractivity contribution is -0.147. The molecule has 2 aromatic heterocycles. The first-order valence-corrected chi connectivity index (χ1v) is 9.20. The summed E-state index contributed by atoms with van der Waals surface area (Å²) >= 11 is 0. The highest BCUT2D eigenvalue weighted by atomic mass is 33.1. The van der Waals surface area contributed by atoms with Crippen LogP contribution in [-0.2, 0) is 24.7 Å². The highest BCUT2D eigenvalue weighted by Crippen LogP contribution is 2.43. The van der Waals surface area contributed by atoms with Crippen molar-refractivity contribution in [1.29, 1.82) is 0 Å². The third kappa shape index (κ3) is 6.33. The Kier molecular flexibility index (Phi) is 6.53. The number of alkyl halides is 12. The van der Waals surface area contributed by atoms with Gasteiger partial charge in [-0.25, -0.2) is 9.97 Å². The van der Waals surface area contributed by atoms with Gasteiger partial charge in [-0.1, -0.05) is 0 Å². The summed E-state index contributed by atoms with van der Waals surface area (Å²) in [5.41, 5.74) is -7.37. The van der Waals surface area contributed by atoms with Crippen molar-refractivity contribution in [2.45, 2.75) is 34.8 Å². The summed E-state index contributed by atoms with van der Waals surface area (Å²) in [5, 5.41) is -1.90. The Morgan fingerprint density at radius 3 is 1.00 bits per heavy atom. The van der Waals surface area contributed by atoms with Crippen molar-refractivity contribution in [3.8, 4) is 0 Å². The van der Waals surface area contributed by atoms with Gasteiger partial charge in [0.25, 0.3) is 0 Å². The van der Waals surface area contributed by atoms with Crippen LogP contribution in [0.15, 0.2) is 34.3 Å². The molecule has 0 amide bonds. The summed E-state index contributed by atoms with van der Waals surface area (Å²) in [5.74, 6) is 0. The van der Waals surface area contributed by atoms with Gasteiger partial charge in [0.1, 0.15) is 21.4 Å². The minimum Gasteiger partial charge on any atom is -0.236 e. The van der Waals surface area contributed by atoms with Gasteiger partial charge in [-0.3, -0.25) is 0 Å². The summed E-state index contributed by atoms with van der Waals surface area (Å²) in [6, 6.07) is -0.214. The summed E-state index contributed by atoms with van der Waals surface area (Å²) in [7, 11) is -0.0378. The van der Waals surface area contributed by atoms with E-state index in [1.807, 2.05) is 0 Å². The molecule has 0 saturated carbocycles. The molecule has 0 aliphatic carbocycles. The predicted molar refractivity (Wildman–Crippen MR) is 80.2 cm³/mol. The number of halogens is 12. The van der Waals surface area contributed by atoms with Crippen molar-refractivity contribution in [2.24, 2.45) is 0 Å². The lowest BCUT2D eigenvalue weighted by Gasteiger charge is -2.14. The van der Waals surface area contributed by atoms with Crippen LogP contribution in [0, 0.1) is 0 Å². The Balaban J connectivity index is 2.43. The standard InChI is InChI=1S/C14H4F12N2S2/c15-11(16,17)5-1-7(13(21,22)23)27-9(3-5)29-30-10-4-6(12(18,19)20)2-8(28-10)14(24,25)26/h1-4H. The van der Waals surface area contributed by atoms with Crippen molar-refractivity contribution in [3.63, 3.8) is 0 Å². The Hall–Kier alpha value is -1.84. The molecule has 0 radical (unpaired) electrons. The minimum absolute atomic E-state index is 0.0189. The largest absolute Gasteiger partial charge is 0.433 e. The zero-order valence-corrected chi connectivity index (χ0v) is 15.2. The van der Waals surface area contributed by atoms with Crippen LogP contribution < -0.4 is 0 Å². The molecule has 0 saturated heterocycles. The van der Waals surface area contributed by atoms with E-state index in [-0.39, 0.29) is 45.9 Å². The van der Waals surface area contributed by atoms with Gasteiger partial charge in [-0.15, -0.1) is 0 Å². The number of hydrogen-bond acceptors (Lipinski definition) is 4. The molecule has 0 aliphatic rings. The van der Waals surface area contributed by atoms with E-state index in [2.05, 4.69) is 9.97 Å². The van der Waals surface area contributed by atoms with Gasteiger partial charge in [0.05, 0.1) is 11.1 Å². The molecule has 0 aromatic carbocycles. The molecule has 2 heterocycles. The average Bonchev–Trinajstić information content (AvgIpc) is 2.56. The van der Waals surface area contributed by atoms with Crippen LogP contribution >= 0.6 is 21.6 Å². The van der Waals surface area contributed by atoms with Crippen LogP contribution in [0.2, 0.25) is 0 Å². The number of rotatable bonds is 3. The van der Waals surface area contributed by atoms with E-state index >= 15 is 0 Å². The van der Waals surface area contributed by atoms with Crippen molar-refractivity contribution >= 4 is 21.6 Å². The monoisotopic (exact) mass is 492 g/mol. The molecule has 166 valence electrons. The maximum Gasteiger partial charge on any atom is 0.433 e. The van der Waals surface area contributed by atoms with Crippen LogP contribution in [-0.4, -0.2) is 9.97 Å². The number of nitrogens with zero attached hydrogens (tertiary/aromatic N) is 2. The van der Waals surface area contributed by atoms with E-state index < -0.39 is 57.3 Å². The number of aromatic nitrogens is 2. The SMILES string of the molecule is FC(F)(F)c1cc(SSc2cc(C(F)(F)F)cc(C(F)(F)F)n2)nc(C(F)(F)F)c1. The second-order valence-corrected chi connectivity index (χ2v) is 7.49. The van der Waals surface area contributed by atoms with Crippen LogP contribution in [0.1, 0.15) is 22.5 Å². The molecule has 2 rings (SSSR count). The van der Waals surface area contributed by atoms with Crippen LogP contribution in [0.5, 0.6) is 0 Å². The molecule has 0 fully saturated rings. The fourth-order valence-corrected chi connectivity index (χ4v) is 3.62. The Bertz CT molecular complexity index is 775. The maximum absolute atomic E-state index is 12.8. The zero-order chi connectivity index (χ0) is 23.1. The molecule has 0 spiro atoms. The molecular formula is C14H4F12N2S2. The van der Waals surface area contributed by atoms with Gasteiger partial charge in [0, 0.05) is 0 Å². The van der Waals surface area contributed by atoms with Gasteiger partial charge in [0.15, 0.2) is 0 Å². The third-order valence-corrected chi connectivity index (χ3v) is 5.17. The first-order valence-electron chi connectivity index (χ1n) is 7.05. The Morgan fingerprint density at radius 2 is 0.767 bits per heavy atom. The average molecular weight is 492 g/mol. The molecule has 0 bridgehead atoms. The van der Waals surface area contributed by atoms with E-state index in [1.165, 1.54) is 0 Å².